The minimum Gasteiger partial charge on any atom is -0.497 e. The topological polar surface area (TPSA) is 30.5 Å². The molecule has 112 valence electrons. The molecule has 0 saturated heterocycles. The lowest BCUT2D eigenvalue weighted by atomic mass is 9.98. The Hall–Kier alpha value is -0.930. The van der Waals surface area contributed by atoms with Crippen molar-refractivity contribution in [3.63, 3.8) is 0 Å². The molecule has 1 saturated carbocycles. The molecule has 20 heavy (non-hydrogen) atoms. The highest BCUT2D eigenvalue weighted by atomic mass is 35.5. The lowest BCUT2D eigenvalue weighted by Crippen LogP contribution is -2.29. The van der Waals surface area contributed by atoms with Crippen molar-refractivity contribution in [2.24, 2.45) is 11.8 Å². The van der Waals surface area contributed by atoms with Gasteiger partial charge in [-0.2, -0.15) is 0 Å². The largest absolute Gasteiger partial charge is 0.497 e. The number of ether oxygens (including phenoxy) is 2. The van der Waals surface area contributed by atoms with Gasteiger partial charge in [-0.3, -0.25) is 0 Å². The fourth-order valence-electron chi connectivity index (χ4n) is 2.79. The zero-order chi connectivity index (χ0) is 14.2. The van der Waals surface area contributed by atoms with Gasteiger partial charge in [0.05, 0.1) is 7.11 Å². The average Bonchev–Trinajstić information content (AvgIpc) is 2.95. The number of hydrogen-bond donors (Lipinski definition) is 1. The molecule has 0 amide bonds. The predicted molar refractivity (Wildman–Crippen MR) is 82.9 cm³/mol. The summed E-state index contributed by atoms with van der Waals surface area (Å²) in [6, 6.07) is 7.68. The van der Waals surface area contributed by atoms with Crippen LogP contribution in [0.2, 0.25) is 0 Å². The molecule has 0 aliphatic heterocycles. The van der Waals surface area contributed by atoms with E-state index >= 15 is 0 Å². The number of benzene rings is 1. The monoisotopic (exact) mass is 297 g/mol. The summed E-state index contributed by atoms with van der Waals surface area (Å²) in [4.78, 5) is 0. The van der Waals surface area contributed by atoms with E-state index < -0.39 is 0 Å². The van der Waals surface area contributed by atoms with E-state index in [0.717, 1.165) is 36.4 Å². The zero-order valence-corrected chi connectivity index (χ0v) is 12.9. The Kier molecular flexibility index (Phi) is 6.48. The van der Waals surface area contributed by atoms with Crippen molar-refractivity contribution in [1.82, 2.24) is 5.32 Å². The zero-order valence-electron chi connectivity index (χ0n) is 12.1. The second-order valence-electron chi connectivity index (χ2n) is 5.33. The molecule has 1 aromatic rings. The quantitative estimate of drug-likeness (QED) is 0.590. The van der Waals surface area contributed by atoms with E-state index in [1.54, 1.807) is 7.11 Å². The molecule has 0 bridgehead atoms. The van der Waals surface area contributed by atoms with E-state index in [2.05, 4.69) is 5.32 Å². The van der Waals surface area contributed by atoms with Gasteiger partial charge in [0.25, 0.3) is 0 Å². The first-order valence-electron chi connectivity index (χ1n) is 7.37. The molecule has 1 aliphatic rings. The van der Waals surface area contributed by atoms with E-state index in [9.17, 15) is 0 Å². The Morgan fingerprint density at radius 3 is 2.55 bits per heavy atom. The van der Waals surface area contributed by atoms with Crippen molar-refractivity contribution < 1.29 is 9.47 Å². The molecular formula is C16H24ClNO2. The van der Waals surface area contributed by atoms with Crippen molar-refractivity contribution in [2.75, 3.05) is 32.7 Å². The standard InChI is InChI=1S/C16H24ClNO2/c1-19-15-5-7-16(8-6-15)20-10-9-18-12-14-4-2-3-13(14)11-17/h5-8,13-14,18H,2-4,9-12H2,1H3. The summed E-state index contributed by atoms with van der Waals surface area (Å²) in [5.74, 6) is 3.98. The van der Waals surface area contributed by atoms with Crippen LogP contribution >= 0.6 is 11.6 Å². The summed E-state index contributed by atoms with van der Waals surface area (Å²) in [6.45, 7) is 2.62. The highest BCUT2D eigenvalue weighted by Crippen LogP contribution is 2.31. The molecule has 1 fully saturated rings. The number of hydrogen-bond acceptors (Lipinski definition) is 3. The van der Waals surface area contributed by atoms with Crippen molar-refractivity contribution in [3.8, 4) is 11.5 Å². The van der Waals surface area contributed by atoms with Crippen molar-refractivity contribution in [1.29, 1.82) is 0 Å². The molecule has 1 aliphatic carbocycles. The fourth-order valence-corrected chi connectivity index (χ4v) is 3.19. The van der Waals surface area contributed by atoms with Crippen molar-refractivity contribution in [3.05, 3.63) is 24.3 Å². The summed E-state index contributed by atoms with van der Waals surface area (Å²) in [5.41, 5.74) is 0. The Bertz CT molecular complexity index is 383. The van der Waals surface area contributed by atoms with Crippen LogP contribution in [0.5, 0.6) is 11.5 Å². The van der Waals surface area contributed by atoms with Crippen LogP contribution in [0.1, 0.15) is 19.3 Å². The Balaban J connectivity index is 1.59. The third kappa shape index (κ3) is 4.57. The minimum atomic E-state index is 0.685. The van der Waals surface area contributed by atoms with Gasteiger partial charge in [0.1, 0.15) is 18.1 Å². The average molecular weight is 298 g/mol. The van der Waals surface area contributed by atoms with E-state index in [4.69, 9.17) is 21.1 Å². The van der Waals surface area contributed by atoms with Crippen LogP contribution in [0.25, 0.3) is 0 Å². The van der Waals surface area contributed by atoms with Crippen LogP contribution < -0.4 is 14.8 Å². The normalized spacial score (nSPS) is 21.9. The first-order valence-corrected chi connectivity index (χ1v) is 7.90. The second-order valence-corrected chi connectivity index (χ2v) is 5.64. The minimum absolute atomic E-state index is 0.685. The molecule has 0 spiro atoms. The van der Waals surface area contributed by atoms with Gasteiger partial charge < -0.3 is 14.8 Å². The van der Waals surface area contributed by atoms with Gasteiger partial charge in [-0.25, -0.2) is 0 Å². The summed E-state index contributed by atoms with van der Waals surface area (Å²) < 4.78 is 10.8. The molecule has 0 aromatic heterocycles. The summed E-state index contributed by atoms with van der Waals surface area (Å²) in [5, 5.41) is 3.48. The number of methoxy groups -OCH3 is 1. The molecule has 4 heteroatoms. The van der Waals surface area contributed by atoms with Crippen LogP contribution in [0, 0.1) is 11.8 Å². The van der Waals surface area contributed by atoms with Crippen molar-refractivity contribution in [2.45, 2.75) is 19.3 Å². The first-order chi connectivity index (χ1) is 9.83. The molecule has 1 aromatic carbocycles. The summed E-state index contributed by atoms with van der Waals surface area (Å²) in [6.07, 6.45) is 3.92. The van der Waals surface area contributed by atoms with Gasteiger partial charge in [0.2, 0.25) is 0 Å². The molecule has 0 radical (unpaired) electrons. The maximum absolute atomic E-state index is 5.98. The number of rotatable bonds is 8. The van der Waals surface area contributed by atoms with E-state index in [1.807, 2.05) is 24.3 Å². The number of alkyl halides is 1. The smallest absolute Gasteiger partial charge is 0.119 e. The molecular weight excluding hydrogens is 274 g/mol. The fraction of sp³-hybridized carbons (Fsp3) is 0.625. The Morgan fingerprint density at radius 1 is 1.15 bits per heavy atom. The molecule has 1 N–H and O–H groups in total. The van der Waals surface area contributed by atoms with E-state index in [0.29, 0.717) is 12.5 Å². The third-order valence-corrected chi connectivity index (χ3v) is 4.42. The van der Waals surface area contributed by atoms with Crippen LogP contribution in [0.15, 0.2) is 24.3 Å². The molecule has 2 atom stereocenters. The molecule has 2 unspecified atom stereocenters. The first kappa shape index (κ1) is 15.5. The van der Waals surface area contributed by atoms with E-state index in [-0.39, 0.29) is 0 Å². The van der Waals surface area contributed by atoms with Gasteiger partial charge in [0.15, 0.2) is 0 Å². The van der Waals surface area contributed by atoms with Crippen LogP contribution in [-0.2, 0) is 0 Å². The maximum atomic E-state index is 5.98. The summed E-state index contributed by atoms with van der Waals surface area (Å²) in [7, 11) is 1.66. The van der Waals surface area contributed by atoms with Gasteiger partial charge in [-0.1, -0.05) is 6.42 Å². The molecule has 0 heterocycles. The highest BCUT2D eigenvalue weighted by molar-refractivity contribution is 6.18. The van der Waals surface area contributed by atoms with Gasteiger partial charge in [-0.15, -0.1) is 11.6 Å². The molecule has 2 rings (SSSR count). The van der Waals surface area contributed by atoms with Crippen LogP contribution in [-0.4, -0.2) is 32.7 Å². The highest BCUT2D eigenvalue weighted by Gasteiger charge is 2.25. The second kappa shape index (κ2) is 8.38. The third-order valence-electron chi connectivity index (χ3n) is 4.03. The number of nitrogens with one attached hydrogen (secondary N) is 1. The summed E-state index contributed by atoms with van der Waals surface area (Å²) >= 11 is 5.98. The van der Waals surface area contributed by atoms with Crippen LogP contribution in [0.3, 0.4) is 0 Å². The molecule has 3 nitrogen and oxygen atoms in total. The van der Waals surface area contributed by atoms with E-state index in [1.165, 1.54) is 19.3 Å². The lowest BCUT2D eigenvalue weighted by molar-refractivity contribution is 0.302. The SMILES string of the molecule is COc1ccc(OCCNCC2CCCC2CCl)cc1. The number of halogens is 1. The van der Waals surface area contributed by atoms with Gasteiger partial charge in [-0.05, 0) is 55.5 Å². The van der Waals surface area contributed by atoms with Crippen molar-refractivity contribution >= 4 is 11.6 Å². The lowest BCUT2D eigenvalue weighted by Gasteiger charge is -2.17. The van der Waals surface area contributed by atoms with Gasteiger partial charge in [0, 0.05) is 12.4 Å². The maximum Gasteiger partial charge on any atom is 0.119 e. The Labute approximate surface area is 126 Å². The predicted octanol–water partition coefficient (Wildman–Crippen LogP) is 3.32. The van der Waals surface area contributed by atoms with Gasteiger partial charge >= 0.3 is 0 Å². The van der Waals surface area contributed by atoms with Crippen LogP contribution in [0.4, 0.5) is 0 Å². The Morgan fingerprint density at radius 2 is 1.85 bits per heavy atom.